The van der Waals surface area contributed by atoms with Crippen LogP contribution in [0.5, 0.6) is 5.75 Å². The Bertz CT molecular complexity index is 759. The quantitative estimate of drug-likeness (QED) is 0.510. The second-order valence-electron chi connectivity index (χ2n) is 8.15. The Morgan fingerprint density at radius 2 is 1.63 bits per heavy atom. The Balaban J connectivity index is 1.75. The van der Waals surface area contributed by atoms with Gasteiger partial charge in [0.05, 0.1) is 6.61 Å². The molecule has 0 saturated heterocycles. The first-order chi connectivity index (χ1) is 13.0. The average molecular weight is 372 g/mol. The number of halogens is 2. The molecule has 0 N–H and O–H groups in total. The van der Waals surface area contributed by atoms with Gasteiger partial charge in [-0.15, -0.1) is 0 Å². The normalized spacial score (nSPS) is 22.6. The molecule has 0 amide bonds. The van der Waals surface area contributed by atoms with Crippen molar-refractivity contribution in [3.05, 3.63) is 53.6 Å². The molecule has 27 heavy (non-hydrogen) atoms. The summed E-state index contributed by atoms with van der Waals surface area (Å²) in [4.78, 5) is 0. The maximum atomic E-state index is 14.5. The molecule has 1 nitrogen and oxygen atoms in total. The second-order valence-corrected chi connectivity index (χ2v) is 8.15. The Hall–Kier alpha value is -1.90. The predicted molar refractivity (Wildman–Crippen MR) is 107 cm³/mol. The van der Waals surface area contributed by atoms with Crippen LogP contribution in [-0.2, 0) is 0 Å². The van der Waals surface area contributed by atoms with E-state index in [1.807, 2.05) is 19.1 Å². The van der Waals surface area contributed by atoms with Crippen LogP contribution < -0.4 is 4.74 Å². The van der Waals surface area contributed by atoms with Gasteiger partial charge in [0, 0.05) is 5.56 Å². The minimum Gasteiger partial charge on any atom is -0.490 e. The molecule has 1 aliphatic rings. The number of hydrogen-bond acceptors (Lipinski definition) is 1. The van der Waals surface area contributed by atoms with Gasteiger partial charge in [-0.25, -0.2) is 4.39 Å². The Labute approximate surface area is 161 Å². The summed E-state index contributed by atoms with van der Waals surface area (Å²) in [6, 6.07) is 11.1. The average Bonchev–Trinajstić information content (AvgIpc) is 2.70. The largest absolute Gasteiger partial charge is 0.490 e. The summed E-state index contributed by atoms with van der Waals surface area (Å²) < 4.78 is 34.0. The van der Waals surface area contributed by atoms with Crippen molar-refractivity contribution >= 4 is 0 Å². The zero-order valence-electron chi connectivity index (χ0n) is 16.7. The van der Waals surface area contributed by atoms with Crippen molar-refractivity contribution in [3.8, 4) is 16.9 Å². The zero-order valence-corrected chi connectivity index (χ0v) is 16.7. The highest BCUT2D eigenvalue weighted by Crippen LogP contribution is 2.44. The van der Waals surface area contributed by atoms with E-state index in [4.69, 9.17) is 4.74 Å². The molecular formula is C24H30F2O. The summed E-state index contributed by atoms with van der Waals surface area (Å²) in [6.07, 6.45) is 6.92. The SMILES string of the molecule is CCCOc1ccc(-c2ccc(C3CCC(C)(CC)CC3)cc2)c(F)c1F. The van der Waals surface area contributed by atoms with Crippen LogP contribution in [0.3, 0.4) is 0 Å². The molecule has 2 aromatic rings. The van der Waals surface area contributed by atoms with Crippen LogP contribution in [0.25, 0.3) is 11.1 Å². The lowest BCUT2D eigenvalue weighted by molar-refractivity contribution is 0.191. The molecule has 0 unspecified atom stereocenters. The fraction of sp³-hybridized carbons (Fsp3) is 0.500. The van der Waals surface area contributed by atoms with Gasteiger partial charge in [0.25, 0.3) is 0 Å². The fourth-order valence-corrected chi connectivity index (χ4v) is 4.01. The summed E-state index contributed by atoms with van der Waals surface area (Å²) in [7, 11) is 0. The molecule has 1 saturated carbocycles. The minimum atomic E-state index is -0.906. The third-order valence-corrected chi connectivity index (χ3v) is 6.25. The van der Waals surface area contributed by atoms with Gasteiger partial charge in [-0.1, -0.05) is 51.5 Å². The zero-order chi connectivity index (χ0) is 19.4. The Kier molecular flexibility index (Phi) is 6.18. The fourth-order valence-electron chi connectivity index (χ4n) is 4.01. The van der Waals surface area contributed by atoms with Crippen LogP contribution in [0.4, 0.5) is 8.78 Å². The molecule has 3 rings (SSSR count). The van der Waals surface area contributed by atoms with Crippen LogP contribution in [0.1, 0.15) is 70.8 Å². The molecule has 3 heteroatoms. The van der Waals surface area contributed by atoms with Gasteiger partial charge in [-0.3, -0.25) is 0 Å². The first-order valence-electron chi connectivity index (χ1n) is 10.2. The van der Waals surface area contributed by atoms with E-state index in [-0.39, 0.29) is 11.3 Å². The second kappa shape index (κ2) is 8.41. The first kappa shape index (κ1) is 19.9. The van der Waals surface area contributed by atoms with Gasteiger partial charge in [0.1, 0.15) is 0 Å². The molecule has 146 valence electrons. The van der Waals surface area contributed by atoms with Crippen molar-refractivity contribution < 1.29 is 13.5 Å². The third kappa shape index (κ3) is 4.34. The van der Waals surface area contributed by atoms with Gasteiger partial charge in [-0.05, 0) is 66.7 Å². The summed E-state index contributed by atoms with van der Waals surface area (Å²) in [5, 5.41) is 0. The van der Waals surface area contributed by atoms with Gasteiger partial charge in [0.2, 0.25) is 5.82 Å². The number of rotatable bonds is 6. The van der Waals surface area contributed by atoms with E-state index in [1.54, 1.807) is 6.07 Å². The number of hydrogen-bond donors (Lipinski definition) is 0. The van der Waals surface area contributed by atoms with Crippen molar-refractivity contribution in [2.75, 3.05) is 6.61 Å². The van der Waals surface area contributed by atoms with Gasteiger partial charge in [-0.2, -0.15) is 4.39 Å². The Morgan fingerprint density at radius 1 is 0.963 bits per heavy atom. The molecule has 0 atom stereocenters. The lowest BCUT2D eigenvalue weighted by Gasteiger charge is -2.37. The maximum Gasteiger partial charge on any atom is 0.201 e. The number of ether oxygens (including phenoxy) is 1. The van der Waals surface area contributed by atoms with E-state index in [9.17, 15) is 8.78 Å². The van der Waals surface area contributed by atoms with Crippen LogP contribution in [0.15, 0.2) is 36.4 Å². The molecule has 0 radical (unpaired) electrons. The molecule has 0 heterocycles. The first-order valence-corrected chi connectivity index (χ1v) is 10.2. The lowest BCUT2D eigenvalue weighted by Crippen LogP contribution is -2.22. The predicted octanol–water partition coefficient (Wildman–Crippen LogP) is 7.49. The number of benzene rings is 2. The molecule has 2 aromatic carbocycles. The monoisotopic (exact) mass is 372 g/mol. The highest BCUT2D eigenvalue weighted by molar-refractivity contribution is 5.65. The van der Waals surface area contributed by atoms with Crippen molar-refractivity contribution in [2.45, 2.75) is 65.2 Å². The van der Waals surface area contributed by atoms with E-state index >= 15 is 0 Å². The van der Waals surface area contributed by atoms with Crippen molar-refractivity contribution in [1.82, 2.24) is 0 Å². The van der Waals surface area contributed by atoms with Crippen molar-refractivity contribution in [2.24, 2.45) is 5.41 Å². The molecule has 1 fully saturated rings. The van der Waals surface area contributed by atoms with E-state index in [1.165, 1.54) is 43.7 Å². The van der Waals surface area contributed by atoms with E-state index in [2.05, 4.69) is 26.0 Å². The highest BCUT2D eigenvalue weighted by atomic mass is 19.2. The van der Waals surface area contributed by atoms with E-state index in [0.717, 1.165) is 6.42 Å². The maximum absolute atomic E-state index is 14.5. The summed E-state index contributed by atoms with van der Waals surface area (Å²) in [6.45, 7) is 6.97. The van der Waals surface area contributed by atoms with Crippen LogP contribution in [0.2, 0.25) is 0 Å². The molecule has 0 aliphatic heterocycles. The van der Waals surface area contributed by atoms with Crippen LogP contribution >= 0.6 is 0 Å². The van der Waals surface area contributed by atoms with Gasteiger partial charge in [0.15, 0.2) is 11.6 Å². The topological polar surface area (TPSA) is 9.23 Å². The highest BCUT2D eigenvalue weighted by Gasteiger charge is 2.30. The van der Waals surface area contributed by atoms with Gasteiger partial charge >= 0.3 is 0 Å². The van der Waals surface area contributed by atoms with Crippen molar-refractivity contribution in [3.63, 3.8) is 0 Å². The molecule has 1 aliphatic carbocycles. The standard InChI is InChI=1S/C24H30F2O/c1-4-16-27-21-11-10-20(22(25)23(21)26)19-8-6-17(7-9-19)18-12-14-24(3,5-2)15-13-18/h6-11,18H,4-5,12-16H2,1-3H3. The molecule has 0 aromatic heterocycles. The smallest absolute Gasteiger partial charge is 0.201 e. The molecular weight excluding hydrogens is 342 g/mol. The Morgan fingerprint density at radius 3 is 2.22 bits per heavy atom. The lowest BCUT2D eigenvalue weighted by atomic mass is 9.69. The molecule has 0 spiro atoms. The van der Waals surface area contributed by atoms with Gasteiger partial charge < -0.3 is 4.74 Å². The van der Waals surface area contributed by atoms with Crippen LogP contribution in [0, 0.1) is 17.0 Å². The summed E-state index contributed by atoms with van der Waals surface area (Å²) in [5.41, 5.74) is 2.77. The van der Waals surface area contributed by atoms with Crippen molar-refractivity contribution in [1.29, 1.82) is 0 Å². The summed E-state index contributed by atoms with van der Waals surface area (Å²) >= 11 is 0. The summed E-state index contributed by atoms with van der Waals surface area (Å²) in [5.74, 6) is -1.19. The third-order valence-electron chi connectivity index (χ3n) is 6.25. The van der Waals surface area contributed by atoms with Crippen LogP contribution in [-0.4, -0.2) is 6.61 Å². The molecule has 0 bridgehead atoms. The minimum absolute atomic E-state index is 0.0177. The van der Waals surface area contributed by atoms with E-state index < -0.39 is 11.6 Å². The van der Waals surface area contributed by atoms with E-state index in [0.29, 0.717) is 23.5 Å².